The van der Waals surface area contributed by atoms with Crippen molar-refractivity contribution in [3.05, 3.63) is 17.3 Å². The van der Waals surface area contributed by atoms with Gasteiger partial charge in [-0.15, -0.1) is 11.3 Å². The lowest BCUT2D eigenvalue weighted by atomic mass is 10.2. The van der Waals surface area contributed by atoms with Gasteiger partial charge in [0.25, 0.3) is 0 Å². The van der Waals surface area contributed by atoms with Crippen LogP contribution in [0.2, 0.25) is 0 Å². The molecule has 0 spiro atoms. The second-order valence-electron chi connectivity index (χ2n) is 4.59. The van der Waals surface area contributed by atoms with E-state index in [4.69, 9.17) is 5.73 Å². The van der Waals surface area contributed by atoms with E-state index in [0.717, 1.165) is 10.6 Å². The fourth-order valence-electron chi connectivity index (χ4n) is 1.97. The summed E-state index contributed by atoms with van der Waals surface area (Å²) in [4.78, 5) is 6.06. The molecular formula is C11H15F3N4S. The molecule has 0 aromatic carbocycles. The monoisotopic (exact) mass is 292 g/mol. The van der Waals surface area contributed by atoms with Crippen molar-refractivity contribution in [3.63, 3.8) is 0 Å². The number of halogens is 3. The Hall–Kier alpha value is -1.28. The van der Waals surface area contributed by atoms with Crippen LogP contribution in [-0.2, 0) is 6.42 Å². The van der Waals surface area contributed by atoms with Gasteiger partial charge >= 0.3 is 6.18 Å². The van der Waals surface area contributed by atoms with E-state index in [1.807, 2.05) is 12.3 Å². The average molecular weight is 292 g/mol. The van der Waals surface area contributed by atoms with Crippen LogP contribution in [0.5, 0.6) is 0 Å². The van der Waals surface area contributed by atoms with Crippen LogP contribution in [-0.4, -0.2) is 35.2 Å². The van der Waals surface area contributed by atoms with Crippen LogP contribution in [0.25, 0.3) is 4.96 Å². The molecule has 2 aromatic heterocycles. The zero-order valence-electron chi connectivity index (χ0n) is 10.6. The average Bonchev–Trinajstić information content (AvgIpc) is 2.77. The minimum atomic E-state index is -4.25. The van der Waals surface area contributed by atoms with E-state index < -0.39 is 12.7 Å². The first kappa shape index (κ1) is 14.1. The molecule has 2 rings (SSSR count). The molecule has 2 aromatic rings. The Morgan fingerprint density at radius 3 is 2.79 bits per heavy atom. The van der Waals surface area contributed by atoms with Crippen molar-refractivity contribution in [2.24, 2.45) is 5.73 Å². The molecule has 0 fully saturated rings. The maximum Gasteiger partial charge on any atom is 0.405 e. The molecule has 19 heavy (non-hydrogen) atoms. The Balaban J connectivity index is 2.38. The zero-order valence-corrected chi connectivity index (χ0v) is 11.4. The third-order valence-electron chi connectivity index (χ3n) is 2.63. The molecule has 0 aliphatic heterocycles. The Morgan fingerprint density at radius 1 is 1.53 bits per heavy atom. The Morgan fingerprint density at radius 2 is 2.21 bits per heavy atom. The van der Waals surface area contributed by atoms with E-state index in [-0.39, 0.29) is 6.04 Å². The van der Waals surface area contributed by atoms with Gasteiger partial charge < -0.3 is 10.6 Å². The number of nitrogens with zero attached hydrogens (tertiary/aromatic N) is 3. The molecule has 0 bridgehead atoms. The highest BCUT2D eigenvalue weighted by Gasteiger charge is 2.31. The van der Waals surface area contributed by atoms with Gasteiger partial charge in [0.15, 0.2) is 10.8 Å². The SMILES string of the molecule is CC(N)Cc1c(N(C)CC(F)(F)F)nc2sccn12. The molecule has 1 atom stereocenters. The number of fused-ring (bicyclic) bond motifs is 1. The topological polar surface area (TPSA) is 46.6 Å². The van der Waals surface area contributed by atoms with Crippen LogP contribution in [0.1, 0.15) is 12.6 Å². The van der Waals surface area contributed by atoms with E-state index in [9.17, 15) is 13.2 Å². The number of nitrogens with two attached hydrogens (primary N) is 1. The van der Waals surface area contributed by atoms with E-state index in [2.05, 4.69) is 4.98 Å². The summed E-state index contributed by atoms with van der Waals surface area (Å²) in [6.07, 6.45) is -1.97. The van der Waals surface area contributed by atoms with Gasteiger partial charge in [0.2, 0.25) is 0 Å². The maximum absolute atomic E-state index is 12.5. The van der Waals surface area contributed by atoms with Crippen LogP contribution in [0.3, 0.4) is 0 Å². The minimum Gasteiger partial charge on any atom is -0.349 e. The molecule has 0 amide bonds. The molecular weight excluding hydrogens is 277 g/mol. The van der Waals surface area contributed by atoms with Gasteiger partial charge in [-0.2, -0.15) is 13.2 Å². The van der Waals surface area contributed by atoms with E-state index in [1.54, 1.807) is 10.6 Å². The number of thiazole rings is 1. The van der Waals surface area contributed by atoms with Gasteiger partial charge in [-0.05, 0) is 6.92 Å². The van der Waals surface area contributed by atoms with Crippen LogP contribution in [0, 0.1) is 0 Å². The summed E-state index contributed by atoms with van der Waals surface area (Å²) in [5.41, 5.74) is 6.48. The molecule has 0 saturated heterocycles. The van der Waals surface area contributed by atoms with Crippen LogP contribution in [0.15, 0.2) is 11.6 Å². The summed E-state index contributed by atoms with van der Waals surface area (Å²) < 4.78 is 39.2. The van der Waals surface area contributed by atoms with Gasteiger partial charge in [0, 0.05) is 31.1 Å². The molecule has 0 aliphatic rings. The van der Waals surface area contributed by atoms with Gasteiger partial charge in [-0.25, -0.2) is 4.98 Å². The molecule has 0 aliphatic carbocycles. The number of anilines is 1. The third kappa shape index (κ3) is 3.19. The predicted octanol–water partition coefficient (Wildman–Crippen LogP) is 2.28. The van der Waals surface area contributed by atoms with Gasteiger partial charge in [-0.3, -0.25) is 4.40 Å². The normalized spacial score (nSPS) is 14.0. The molecule has 106 valence electrons. The van der Waals surface area contributed by atoms with Crippen LogP contribution < -0.4 is 10.6 Å². The van der Waals surface area contributed by atoms with Crippen molar-refractivity contribution < 1.29 is 13.2 Å². The molecule has 1 unspecified atom stereocenters. The van der Waals surface area contributed by atoms with Gasteiger partial charge in [0.05, 0.1) is 5.69 Å². The van der Waals surface area contributed by atoms with Crippen LogP contribution >= 0.6 is 11.3 Å². The second-order valence-corrected chi connectivity index (χ2v) is 5.46. The third-order valence-corrected chi connectivity index (χ3v) is 3.39. The highest BCUT2D eigenvalue weighted by molar-refractivity contribution is 7.15. The van der Waals surface area contributed by atoms with Crippen molar-refractivity contribution in [2.45, 2.75) is 25.6 Å². The summed E-state index contributed by atoms with van der Waals surface area (Å²) in [5.74, 6) is 0.349. The Kier molecular flexibility index (Phi) is 3.73. The first-order valence-electron chi connectivity index (χ1n) is 5.76. The molecule has 4 nitrogen and oxygen atoms in total. The van der Waals surface area contributed by atoms with E-state index in [1.165, 1.54) is 18.4 Å². The summed E-state index contributed by atoms with van der Waals surface area (Å²) in [6, 6.07) is -0.141. The molecule has 8 heteroatoms. The highest BCUT2D eigenvalue weighted by Crippen LogP contribution is 2.27. The van der Waals surface area contributed by atoms with Gasteiger partial charge in [-0.1, -0.05) is 0 Å². The molecule has 0 radical (unpaired) electrons. The molecule has 2 N–H and O–H groups in total. The van der Waals surface area contributed by atoms with Gasteiger partial charge in [0.1, 0.15) is 6.54 Å². The highest BCUT2D eigenvalue weighted by atomic mass is 32.1. The standard InChI is InChI=1S/C11H15F3N4S/c1-7(15)5-8-9(17(2)6-11(12,13)14)16-10-18(8)3-4-19-10/h3-4,7H,5-6,15H2,1-2H3. The number of rotatable bonds is 4. The lowest BCUT2D eigenvalue weighted by Gasteiger charge is -2.20. The number of hydrogen-bond acceptors (Lipinski definition) is 4. The smallest absolute Gasteiger partial charge is 0.349 e. The van der Waals surface area contributed by atoms with Crippen molar-refractivity contribution in [2.75, 3.05) is 18.5 Å². The molecule has 2 heterocycles. The first-order chi connectivity index (χ1) is 8.78. The van der Waals surface area contributed by atoms with Crippen molar-refractivity contribution in [3.8, 4) is 0 Å². The predicted molar refractivity (Wildman–Crippen MR) is 69.7 cm³/mol. The number of aromatic nitrogens is 2. The summed E-state index contributed by atoms with van der Waals surface area (Å²) in [5, 5.41) is 1.85. The molecule has 0 saturated carbocycles. The summed E-state index contributed by atoms with van der Waals surface area (Å²) >= 11 is 1.39. The lowest BCUT2D eigenvalue weighted by molar-refractivity contribution is -0.119. The largest absolute Gasteiger partial charge is 0.405 e. The second kappa shape index (κ2) is 5.01. The Bertz CT molecular complexity index is 558. The number of imidazole rings is 1. The summed E-state index contributed by atoms with van der Waals surface area (Å²) in [6.45, 7) is 0.795. The fourth-order valence-corrected chi connectivity index (χ4v) is 2.69. The quantitative estimate of drug-likeness (QED) is 0.940. The Labute approximate surface area is 112 Å². The maximum atomic E-state index is 12.5. The minimum absolute atomic E-state index is 0.141. The van der Waals surface area contributed by atoms with Crippen molar-refractivity contribution in [1.82, 2.24) is 9.38 Å². The zero-order chi connectivity index (χ0) is 14.2. The summed E-state index contributed by atoms with van der Waals surface area (Å²) in [7, 11) is 1.39. The van der Waals surface area contributed by atoms with Crippen LogP contribution in [0.4, 0.5) is 19.0 Å². The van der Waals surface area contributed by atoms with E-state index >= 15 is 0 Å². The number of alkyl halides is 3. The number of hydrogen-bond donors (Lipinski definition) is 1. The van der Waals surface area contributed by atoms with E-state index in [0.29, 0.717) is 17.2 Å². The lowest BCUT2D eigenvalue weighted by Crippen LogP contribution is -2.32. The van der Waals surface area contributed by atoms with Crippen molar-refractivity contribution >= 4 is 22.1 Å². The first-order valence-corrected chi connectivity index (χ1v) is 6.64. The fraction of sp³-hybridized carbons (Fsp3) is 0.545. The van der Waals surface area contributed by atoms with Crippen molar-refractivity contribution in [1.29, 1.82) is 0 Å².